The molecule has 1 heterocycles. The molecule has 0 saturated carbocycles. The second kappa shape index (κ2) is 3.88. The van der Waals surface area contributed by atoms with Gasteiger partial charge >= 0.3 is 0 Å². The van der Waals surface area contributed by atoms with E-state index >= 15 is 0 Å². The van der Waals surface area contributed by atoms with E-state index in [1.807, 2.05) is 18.7 Å². The Morgan fingerprint density at radius 3 is 2.80 bits per heavy atom. The lowest BCUT2D eigenvalue weighted by molar-refractivity contribution is 1.10. The highest BCUT2D eigenvalue weighted by molar-refractivity contribution is 5.42. The minimum absolute atomic E-state index is 1.03. The van der Waals surface area contributed by atoms with Crippen LogP contribution in [0.15, 0.2) is 24.5 Å². The van der Waals surface area contributed by atoms with Crippen LogP contribution in [-0.4, -0.2) is 4.98 Å². The molecule has 0 atom stereocenters. The molecule has 0 aliphatic heterocycles. The summed E-state index contributed by atoms with van der Waals surface area (Å²) in [6, 6.07) is 3.87. The number of aromatic nitrogens is 1. The monoisotopic (exact) mass is 135 g/mol. The van der Waals surface area contributed by atoms with Crippen molar-refractivity contribution in [2.24, 2.45) is 0 Å². The smallest absolute Gasteiger partial charge is 0.0460 e. The normalized spacial score (nSPS) is 9.30. The van der Waals surface area contributed by atoms with Crippen molar-refractivity contribution in [1.82, 2.24) is 4.98 Å². The van der Waals surface area contributed by atoms with Gasteiger partial charge in [0.2, 0.25) is 0 Å². The first-order valence-corrected chi connectivity index (χ1v) is 3.41. The van der Waals surface area contributed by atoms with E-state index in [0.29, 0.717) is 0 Å². The van der Waals surface area contributed by atoms with Gasteiger partial charge in [-0.3, -0.25) is 4.98 Å². The summed E-state index contributed by atoms with van der Waals surface area (Å²) in [5.41, 5.74) is 1.09. The van der Waals surface area contributed by atoms with Crippen LogP contribution in [0.5, 0.6) is 0 Å². The molecule has 1 radical (unpaired) electrons. The lowest BCUT2D eigenvalue weighted by Crippen LogP contribution is -1.91. The highest BCUT2D eigenvalue weighted by atomic mass is 14.9. The molecule has 10 heavy (non-hydrogen) atoms. The maximum Gasteiger partial charge on any atom is 0.0460 e. The lowest BCUT2D eigenvalue weighted by Gasteiger charge is -2.00. The molecular formula is C8H11N2. The summed E-state index contributed by atoms with van der Waals surface area (Å²) in [6.07, 6.45) is 4.57. The van der Waals surface area contributed by atoms with Gasteiger partial charge in [0.1, 0.15) is 0 Å². The zero-order valence-corrected chi connectivity index (χ0v) is 6.04. The van der Waals surface area contributed by atoms with Crippen molar-refractivity contribution in [3.05, 3.63) is 31.1 Å². The number of nitrogens with zero attached hydrogens (tertiary/aromatic N) is 1. The van der Waals surface area contributed by atoms with Crippen LogP contribution in [0.1, 0.15) is 13.3 Å². The van der Waals surface area contributed by atoms with E-state index in [-0.39, 0.29) is 0 Å². The van der Waals surface area contributed by atoms with Crippen molar-refractivity contribution >= 4 is 5.69 Å². The van der Waals surface area contributed by atoms with Crippen LogP contribution in [-0.2, 0) is 0 Å². The van der Waals surface area contributed by atoms with Gasteiger partial charge in [-0.15, -0.1) is 0 Å². The average Bonchev–Trinajstić information content (AvgIpc) is 2.03. The van der Waals surface area contributed by atoms with Gasteiger partial charge in [-0.2, -0.15) is 0 Å². The van der Waals surface area contributed by atoms with E-state index in [9.17, 15) is 0 Å². The maximum atomic E-state index is 3.90. The third-order valence-electron chi connectivity index (χ3n) is 1.15. The Balaban J connectivity index is 2.43. The Hall–Kier alpha value is -1.05. The first kappa shape index (κ1) is 7.06. The predicted octanol–water partition coefficient (Wildman–Crippen LogP) is 2.07. The Kier molecular flexibility index (Phi) is 2.74. The number of nitrogens with one attached hydrogen (secondary N) is 1. The Bertz CT molecular complexity index is 172. The van der Waals surface area contributed by atoms with Gasteiger partial charge in [-0.05, 0) is 18.6 Å². The summed E-state index contributed by atoms with van der Waals surface area (Å²) >= 11 is 0. The van der Waals surface area contributed by atoms with Gasteiger partial charge in [0, 0.05) is 24.6 Å². The third kappa shape index (κ3) is 2.05. The number of anilines is 1. The molecule has 0 spiro atoms. The maximum absolute atomic E-state index is 3.90. The molecule has 0 saturated heterocycles. The van der Waals surface area contributed by atoms with Crippen LogP contribution < -0.4 is 5.32 Å². The van der Waals surface area contributed by atoms with E-state index in [1.165, 1.54) is 0 Å². The van der Waals surface area contributed by atoms with E-state index in [1.54, 1.807) is 12.4 Å². The molecule has 0 aromatic carbocycles. The van der Waals surface area contributed by atoms with Crippen LogP contribution in [0.4, 0.5) is 5.69 Å². The Morgan fingerprint density at radius 2 is 2.20 bits per heavy atom. The number of rotatable bonds is 3. The summed E-state index contributed by atoms with van der Waals surface area (Å²) in [4.78, 5) is 3.90. The van der Waals surface area contributed by atoms with Crippen molar-refractivity contribution < 1.29 is 0 Å². The molecular weight excluding hydrogens is 124 g/mol. The van der Waals surface area contributed by atoms with Crippen LogP contribution in [0.3, 0.4) is 0 Å². The summed E-state index contributed by atoms with van der Waals surface area (Å²) in [5.74, 6) is 0. The highest BCUT2D eigenvalue weighted by Gasteiger charge is 1.85. The van der Waals surface area contributed by atoms with E-state index in [0.717, 1.165) is 12.1 Å². The summed E-state index contributed by atoms with van der Waals surface area (Å²) in [5, 5.41) is 3.13. The van der Waals surface area contributed by atoms with Gasteiger partial charge in [0.05, 0.1) is 0 Å². The number of hydrogen-bond acceptors (Lipinski definition) is 2. The van der Waals surface area contributed by atoms with Crippen molar-refractivity contribution in [1.29, 1.82) is 0 Å². The molecule has 1 aromatic rings. The minimum atomic E-state index is 1.03. The SMILES string of the molecule is CC[CH]Nc1ccncc1. The second-order valence-electron chi connectivity index (χ2n) is 1.99. The summed E-state index contributed by atoms with van der Waals surface area (Å²) in [7, 11) is 0. The van der Waals surface area contributed by atoms with Gasteiger partial charge in [0.25, 0.3) is 0 Å². The summed E-state index contributed by atoms with van der Waals surface area (Å²) < 4.78 is 0. The van der Waals surface area contributed by atoms with Crippen LogP contribution >= 0.6 is 0 Å². The van der Waals surface area contributed by atoms with Gasteiger partial charge in [-0.25, -0.2) is 0 Å². The average molecular weight is 135 g/mol. The van der Waals surface area contributed by atoms with Crippen molar-refractivity contribution in [3.63, 3.8) is 0 Å². The van der Waals surface area contributed by atoms with Gasteiger partial charge < -0.3 is 5.32 Å². The van der Waals surface area contributed by atoms with Crippen LogP contribution in [0.2, 0.25) is 0 Å². The molecule has 0 aliphatic rings. The largest absolute Gasteiger partial charge is 0.380 e. The Labute approximate surface area is 61.3 Å². The number of hydrogen-bond donors (Lipinski definition) is 1. The van der Waals surface area contributed by atoms with Gasteiger partial charge in [-0.1, -0.05) is 6.92 Å². The Morgan fingerprint density at radius 1 is 1.50 bits per heavy atom. The molecule has 0 amide bonds. The molecule has 2 heteroatoms. The third-order valence-corrected chi connectivity index (χ3v) is 1.15. The molecule has 0 unspecified atom stereocenters. The van der Waals surface area contributed by atoms with E-state index in [2.05, 4.69) is 17.2 Å². The van der Waals surface area contributed by atoms with Crippen molar-refractivity contribution in [2.75, 3.05) is 5.32 Å². The second-order valence-corrected chi connectivity index (χ2v) is 1.99. The van der Waals surface area contributed by atoms with Crippen LogP contribution in [0, 0.1) is 6.54 Å². The lowest BCUT2D eigenvalue weighted by atomic mass is 10.4. The molecule has 1 N–H and O–H groups in total. The molecule has 1 rings (SSSR count). The van der Waals surface area contributed by atoms with E-state index < -0.39 is 0 Å². The highest BCUT2D eigenvalue weighted by Crippen LogP contribution is 2.03. The fourth-order valence-electron chi connectivity index (χ4n) is 0.668. The molecule has 0 fully saturated rings. The zero-order chi connectivity index (χ0) is 7.23. The first-order valence-electron chi connectivity index (χ1n) is 3.41. The van der Waals surface area contributed by atoms with Crippen molar-refractivity contribution in [3.8, 4) is 0 Å². The molecule has 53 valence electrons. The molecule has 0 bridgehead atoms. The van der Waals surface area contributed by atoms with Crippen LogP contribution in [0.25, 0.3) is 0 Å². The molecule has 2 nitrogen and oxygen atoms in total. The van der Waals surface area contributed by atoms with Crippen molar-refractivity contribution in [2.45, 2.75) is 13.3 Å². The molecule has 1 aromatic heterocycles. The fraction of sp³-hybridized carbons (Fsp3) is 0.250. The van der Waals surface area contributed by atoms with Gasteiger partial charge in [0.15, 0.2) is 0 Å². The topological polar surface area (TPSA) is 24.9 Å². The van der Waals surface area contributed by atoms with E-state index in [4.69, 9.17) is 0 Å². The quantitative estimate of drug-likeness (QED) is 0.686. The fourth-order valence-corrected chi connectivity index (χ4v) is 0.668. The minimum Gasteiger partial charge on any atom is -0.380 e. The predicted molar refractivity (Wildman–Crippen MR) is 42.5 cm³/mol. The molecule has 0 aliphatic carbocycles. The summed E-state index contributed by atoms with van der Waals surface area (Å²) in [6.45, 7) is 4.10. The standard InChI is InChI=1S/C8H11N2/c1-2-5-10-8-3-6-9-7-4-8/h3-7H,2H2,1H3,(H,9,10). The first-order chi connectivity index (χ1) is 4.93. The number of pyridine rings is 1. The zero-order valence-electron chi connectivity index (χ0n) is 6.04.